The number of likely N-dealkylation sites (N-methyl/N-ethyl adjacent to an activating group) is 1. The molecule has 4 rings (SSSR count). The summed E-state index contributed by atoms with van der Waals surface area (Å²) in [4.78, 5) is 40.6. The fourth-order valence-corrected chi connectivity index (χ4v) is 5.42. The predicted octanol–water partition coefficient (Wildman–Crippen LogP) is 4.81. The van der Waals surface area contributed by atoms with Crippen molar-refractivity contribution in [1.82, 2.24) is 24.6 Å². The number of fused-ring (bicyclic) bond motifs is 3. The summed E-state index contributed by atoms with van der Waals surface area (Å²) in [6.45, 7) is 13.1. The Morgan fingerprint density at radius 2 is 1.93 bits per heavy atom. The molecule has 1 aromatic carbocycles. The molecule has 1 aliphatic heterocycles. The van der Waals surface area contributed by atoms with Crippen LogP contribution in [0.4, 0.5) is 9.18 Å². The van der Waals surface area contributed by atoms with Gasteiger partial charge in [-0.2, -0.15) is 5.10 Å². The van der Waals surface area contributed by atoms with E-state index in [4.69, 9.17) is 14.2 Å². The van der Waals surface area contributed by atoms with Gasteiger partial charge in [-0.1, -0.05) is 6.07 Å². The van der Waals surface area contributed by atoms with Gasteiger partial charge in [-0.3, -0.25) is 9.59 Å². The van der Waals surface area contributed by atoms with Gasteiger partial charge in [0.2, 0.25) is 0 Å². The van der Waals surface area contributed by atoms with E-state index in [-0.39, 0.29) is 24.2 Å². The number of rotatable bonds is 11. The van der Waals surface area contributed by atoms with Crippen molar-refractivity contribution in [2.24, 2.45) is 0 Å². The molecule has 1 N–H and O–H groups in total. The van der Waals surface area contributed by atoms with Gasteiger partial charge >= 0.3 is 6.09 Å². The van der Waals surface area contributed by atoms with Crippen LogP contribution in [0.1, 0.15) is 81.7 Å². The molecular formula is C31H42FN5O6. The monoisotopic (exact) mass is 599 g/mol. The Labute approximate surface area is 250 Å². The number of amides is 2. The highest BCUT2D eigenvalue weighted by atomic mass is 19.1. The molecule has 0 bridgehead atoms. The molecule has 1 unspecified atom stereocenters. The summed E-state index contributed by atoms with van der Waals surface area (Å²) in [5.41, 5.74) is 1.15. The molecule has 2 aromatic heterocycles. The summed E-state index contributed by atoms with van der Waals surface area (Å²) in [6, 6.07) is 4.13. The molecular weight excluding hydrogens is 557 g/mol. The van der Waals surface area contributed by atoms with Crippen molar-refractivity contribution in [2.45, 2.75) is 79.0 Å². The number of methoxy groups -OCH3 is 1. The maximum Gasteiger partial charge on any atom is 0.407 e. The topological polar surface area (TPSA) is 117 Å². The number of nitrogens with zero attached hydrogens (tertiary/aromatic N) is 4. The number of benzene rings is 1. The van der Waals surface area contributed by atoms with E-state index in [0.717, 1.165) is 12.8 Å². The number of hydrogen-bond acceptors (Lipinski definition) is 7. The molecule has 0 saturated carbocycles. The van der Waals surface area contributed by atoms with Crippen molar-refractivity contribution in [2.75, 3.05) is 33.4 Å². The summed E-state index contributed by atoms with van der Waals surface area (Å²) in [5, 5.41) is 7.61. The van der Waals surface area contributed by atoms with Gasteiger partial charge in [0.05, 0.1) is 31.5 Å². The maximum absolute atomic E-state index is 14.2. The first-order valence-corrected chi connectivity index (χ1v) is 14.7. The zero-order valence-corrected chi connectivity index (χ0v) is 26.1. The average molecular weight is 600 g/mol. The lowest BCUT2D eigenvalue weighted by molar-refractivity contribution is 0.0526. The van der Waals surface area contributed by atoms with Gasteiger partial charge in [-0.25, -0.2) is 13.9 Å². The predicted molar refractivity (Wildman–Crippen MR) is 161 cm³/mol. The number of carbonyl (C=O) groups excluding carboxylic acids is 2. The maximum atomic E-state index is 14.2. The lowest BCUT2D eigenvalue weighted by Crippen LogP contribution is -2.42. The number of carbonyl (C=O) groups is 2. The van der Waals surface area contributed by atoms with Crippen LogP contribution in [0.2, 0.25) is 0 Å². The van der Waals surface area contributed by atoms with Crippen LogP contribution in [0, 0.1) is 12.7 Å². The van der Waals surface area contributed by atoms with Crippen molar-refractivity contribution in [3.05, 3.63) is 51.3 Å². The lowest BCUT2D eigenvalue weighted by atomic mass is 10.2. The molecule has 1 aliphatic rings. The van der Waals surface area contributed by atoms with Gasteiger partial charge in [0, 0.05) is 37.3 Å². The number of nitrogens with one attached hydrogen (secondary N) is 1. The minimum absolute atomic E-state index is 0.0410. The van der Waals surface area contributed by atoms with Crippen LogP contribution in [0.5, 0.6) is 11.5 Å². The zero-order chi connectivity index (χ0) is 31.5. The van der Waals surface area contributed by atoms with E-state index in [1.165, 1.54) is 23.9 Å². The number of aromatic nitrogens is 3. The van der Waals surface area contributed by atoms with Crippen molar-refractivity contribution >= 4 is 22.9 Å². The summed E-state index contributed by atoms with van der Waals surface area (Å²) in [5.74, 6) is -0.0781. The third-order valence-electron chi connectivity index (χ3n) is 7.32. The van der Waals surface area contributed by atoms with Gasteiger partial charge in [0.15, 0.2) is 11.4 Å². The van der Waals surface area contributed by atoms with E-state index in [9.17, 15) is 18.8 Å². The van der Waals surface area contributed by atoms with Crippen LogP contribution < -0.4 is 20.3 Å². The normalized spacial score (nSPS) is 15.0. The molecule has 11 nitrogen and oxygen atoms in total. The van der Waals surface area contributed by atoms with Crippen LogP contribution in [0.15, 0.2) is 23.0 Å². The number of halogens is 1. The smallest absolute Gasteiger partial charge is 0.407 e. The van der Waals surface area contributed by atoms with Gasteiger partial charge in [-0.05, 0) is 66.9 Å². The van der Waals surface area contributed by atoms with Gasteiger partial charge < -0.3 is 29.0 Å². The van der Waals surface area contributed by atoms with Crippen LogP contribution in [-0.4, -0.2) is 70.2 Å². The largest absolute Gasteiger partial charge is 0.493 e. The molecule has 2 amide bonds. The summed E-state index contributed by atoms with van der Waals surface area (Å²) in [7, 11) is 1.46. The minimum atomic E-state index is -0.548. The van der Waals surface area contributed by atoms with Crippen molar-refractivity contribution < 1.29 is 28.2 Å². The van der Waals surface area contributed by atoms with Gasteiger partial charge in [-0.15, -0.1) is 0 Å². The zero-order valence-electron chi connectivity index (χ0n) is 26.1. The minimum Gasteiger partial charge on any atom is -0.493 e. The van der Waals surface area contributed by atoms with Gasteiger partial charge in [0.25, 0.3) is 11.5 Å². The Bertz CT molecular complexity index is 1560. The molecule has 0 spiro atoms. The molecule has 0 radical (unpaired) electrons. The molecule has 0 saturated heterocycles. The Morgan fingerprint density at radius 3 is 2.60 bits per heavy atom. The molecule has 3 heterocycles. The second-order valence-corrected chi connectivity index (χ2v) is 11.8. The molecule has 43 heavy (non-hydrogen) atoms. The first-order chi connectivity index (χ1) is 20.4. The third kappa shape index (κ3) is 6.94. The van der Waals surface area contributed by atoms with E-state index in [2.05, 4.69) is 10.4 Å². The Balaban J connectivity index is 1.51. The van der Waals surface area contributed by atoms with Crippen LogP contribution in [0.3, 0.4) is 0 Å². The second-order valence-electron chi connectivity index (χ2n) is 11.8. The SMILES string of the molecule is CCN1CC(C)n2c(c(OC)c3c(=O)n(Cc4ccc(F)cc4OCCCCCNC(=O)OC(C)(C)C)nc(C)c32)C1=O. The average Bonchev–Trinajstić information content (AvgIpc) is 3.30. The van der Waals surface area contributed by atoms with Crippen molar-refractivity contribution in [1.29, 1.82) is 0 Å². The first-order valence-electron chi connectivity index (χ1n) is 14.7. The molecule has 1 atom stereocenters. The van der Waals surface area contributed by atoms with E-state index in [1.807, 2.05) is 39.2 Å². The number of hydrogen-bond donors (Lipinski definition) is 1. The molecule has 234 valence electrons. The molecule has 0 fully saturated rings. The number of ether oxygens (including phenoxy) is 3. The third-order valence-corrected chi connectivity index (χ3v) is 7.32. The fraction of sp³-hybridized carbons (Fsp3) is 0.548. The Kier molecular flexibility index (Phi) is 9.66. The standard InChI is InChI=1S/C31H42FN5O6/c1-8-35-17-19(2)37-25-20(3)34-36(28(38)24(25)27(41-7)26(37)29(35)39)18-21-12-13-22(32)16-23(21)42-15-11-9-10-14-33-30(40)43-31(4,5)6/h12-13,16,19H,8-11,14-15,17-18H2,1-7H3,(H,33,40). The first kappa shape index (κ1) is 31.8. The number of aryl methyl sites for hydroxylation is 1. The molecule has 3 aromatic rings. The highest BCUT2D eigenvalue weighted by molar-refractivity contribution is 6.05. The Hall–Kier alpha value is -4.09. The van der Waals surface area contributed by atoms with E-state index >= 15 is 0 Å². The van der Waals surface area contributed by atoms with Crippen molar-refractivity contribution in [3.8, 4) is 11.5 Å². The quantitative estimate of drug-likeness (QED) is 0.314. The summed E-state index contributed by atoms with van der Waals surface area (Å²) in [6.07, 6.45) is 1.75. The summed E-state index contributed by atoms with van der Waals surface area (Å²) >= 11 is 0. The van der Waals surface area contributed by atoms with Gasteiger partial charge in [0.1, 0.15) is 22.6 Å². The van der Waals surface area contributed by atoms with E-state index in [0.29, 0.717) is 66.3 Å². The highest BCUT2D eigenvalue weighted by Crippen LogP contribution is 2.38. The fourth-order valence-electron chi connectivity index (χ4n) is 5.42. The number of alkyl carbamates (subject to hydrolysis) is 1. The number of unbranched alkanes of at least 4 members (excludes halogenated alkanes) is 2. The summed E-state index contributed by atoms with van der Waals surface area (Å²) < 4.78 is 34.2. The Morgan fingerprint density at radius 1 is 1.19 bits per heavy atom. The molecule has 0 aliphatic carbocycles. The lowest BCUT2D eigenvalue weighted by Gasteiger charge is -2.32. The molecule has 12 heteroatoms. The van der Waals surface area contributed by atoms with Crippen molar-refractivity contribution in [3.63, 3.8) is 0 Å². The second kappa shape index (κ2) is 13.0. The van der Waals surface area contributed by atoms with E-state index < -0.39 is 23.1 Å². The van der Waals surface area contributed by atoms with Crippen LogP contribution >= 0.6 is 0 Å². The highest BCUT2D eigenvalue weighted by Gasteiger charge is 2.36. The van der Waals surface area contributed by atoms with Crippen LogP contribution in [-0.2, 0) is 11.3 Å². The van der Waals surface area contributed by atoms with E-state index in [1.54, 1.807) is 17.9 Å². The van der Waals surface area contributed by atoms with Crippen LogP contribution in [0.25, 0.3) is 10.9 Å².